The van der Waals surface area contributed by atoms with Crippen LogP contribution in [0.3, 0.4) is 0 Å². The van der Waals surface area contributed by atoms with Gasteiger partial charge < -0.3 is 10.5 Å². The molecule has 2 bridgehead atoms. The van der Waals surface area contributed by atoms with Gasteiger partial charge in [0.05, 0.1) is 0 Å². The van der Waals surface area contributed by atoms with Gasteiger partial charge in [-0.2, -0.15) is 13.1 Å². The maximum absolute atomic E-state index is 13.2. The second-order valence-electron chi connectivity index (χ2n) is 8.93. The Labute approximate surface area is 194 Å². The van der Waals surface area contributed by atoms with Crippen molar-refractivity contribution in [2.24, 2.45) is 17.6 Å². The summed E-state index contributed by atoms with van der Waals surface area (Å²) in [5.74, 6) is -0.282. The predicted molar refractivity (Wildman–Crippen MR) is 123 cm³/mol. The molecule has 4 unspecified atom stereocenters. The third-order valence-corrected chi connectivity index (χ3v) is 7.75. The van der Waals surface area contributed by atoms with Crippen molar-refractivity contribution in [2.75, 3.05) is 6.54 Å². The van der Waals surface area contributed by atoms with Crippen molar-refractivity contribution in [3.63, 3.8) is 0 Å². The van der Waals surface area contributed by atoms with Crippen molar-refractivity contribution in [3.05, 3.63) is 65.0 Å². The SMILES string of the molecule is CCCNS(=O)(=O)NC1C2CCC1Cc1cc(C(Oc3ccc(F)cc3)C(N)=O)ccc1C2. The lowest BCUT2D eigenvalue weighted by Crippen LogP contribution is -2.47. The Morgan fingerprint density at radius 3 is 2.42 bits per heavy atom. The van der Waals surface area contributed by atoms with E-state index in [1.165, 1.54) is 24.3 Å². The van der Waals surface area contributed by atoms with E-state index >= 15 is 0 Å². The quantitative estimate of drug-likeness (QED) is 0.518. The Morgan fingerprint density at radius 1 is 1.12 bits per heavy atom. The zero-order valence-electron chi connectivity index (χ0n) is 18.6. The second kappa shape index (κ2) is 9.79. The third-order valence-electron chi connectivity index (χ3n) is 6.58. The van der Waals surface area contributed by atoms with E-state index in [0.29, 0.717) is 24.3 Å². The molecule has 2 aliphatic rings. The minimum absolute atomic E-state index is 0.127. The number of primary amides is 1. The molecular formula is C24H30FN3O4S. The molecule has 33 heavy (non-hydrogen) atoms. The molecule has 0 saturated heterocycles. The number of nitrogens with two attached hydrogens (primary N) is 1. The molecule has 7 nitrogen and oxygen atoms in total. The Hall–Kier alpha value is -2.49. The van der Waals surface area contributed by atoms with Gasteiger partial charge in [0.25, 0.3) is 16.1 Å². The molecule has 4 rings (SSSR count). The van der Waals surface area contributed by atoms with E-state index < -0.39 is 28.0 Å². The van der Waals surface area contributed by atoms with Gasteiger partial charge in [0.15, 0.2) is 0 Å². The fourth-order valence-corrected chi connectivity index (χ4v) is 6.28. The number of halogens is 1. The number of hydrogen-bond acceptors (Lipinski definition) is 4. The first-order chi connectivity index (χ1) is 15.8. The highest BCUT2D eigenvalue weighted by atomic mass is 32.2. The van der Waals surface area contributed by atoms with Crippen LogP contribution in [-0.4, -0.2) is 26.9 Å². The molecule has 178 valence electrons. The molecule has 0 radical (unpaired) electrons. The van der Waals surface area contributed by atoms with E-state index in [1.54, 1.807) is 0 Å². The summed E-state index contributed by atoms with van der Waals surface area (Å²) in [6.07, 6.45) is 3.13. The van der Waals surface area contributed by atoms with Crippen LogP contribution in [0.15, 0.2) is 42.5 Å². The monoisotopic (exact) mass is 475 g/mol. The van der Waals surface area contributed by atoms with Gasteiger partial charge >= 0.3 is 0 Å². The van der Waals surface area contributed by atoms with Crippen molar-refractivity contribution in [3.8, 4) is 5.75 Å². The lowest BCUT2D eigenvalue weighted by molar-refractivity contribution is -0.125. The molecule has 0 aliphatic heterocycles. The summed E-state index contributed by atoms with van der Waals surface area (Å²) in [7, 11) is -3.55. The van der Waals surface area contributed by atoms with Crippen molar-refractivity contribution in [1.29, 1.82) is 0 Å². The maximum atomic E-state index is 13.2. The Kier molecular flexibility index (Phi) is 7.02. The van der Waals surface area contributed by atoms with Crippen molar-refractivity contribution >= 4 is 16.1 Å². The molecule has 2 aliphatic carbocycles. The van der Waals surface area contributed by atoms with Gasteiger partial charge in [0.2, 0.25) is 6.10 Å². The van der Waals surface area contributed by atoms with Crippen molar-refractivity contribution in [1.82, 2.24) is 9.44 Å². The van der Waals surface area contributed by atoms with E-state index in [0.717, 1.165) is 36.8 Å². The number of rotatable bonds is 9. The lowest BCUT2D eigenvalue weighted by atomic mass is 9.91. The summed E-state index contributed by atoms with van der Waals surface area (Å²) in [6, 6.07) is 11.1. The van der Waals surface area contributed by atoms with Crippen LogP contribution < -0.4 is 19.9 Å². The summed E-state index contributed by atoms with van der Waals surface area (Å²) < 4.78 is 49.4. The first-order valence-corrected chi connectivity index (χ1v) is 12.8. The number of carbonyl (C=O) groups excluding carboxylic acids is 1. The Morgan fingerprint density at radius 2 is 1.79 bits per heavy atom. The molecule has 2 aromatic carbocycles. The summed E-state index contributed by atoms with van der Waals surface area (Å²) in [6.45, 7) is 2.33. The van der Waals surface area contributed by atoms with Gasteiger partial charge in [-0.1, -0.05) is 25.1 Å². The van der Waals surface area contributed by atoms with E-state index in [-0.39, 0.29) is 17.9 Å². The number of hydrogen-bond donors (Lipinski definition) is 3. The van der Waals surface area contributed by atoms with E-state index in [4.69, 9.17) is 10.5 Å². The predicted octanol–water partition coefficient (Wildman–Crippen LogP) is 2.76. The normalized spacial score (nSPS) is 22.9. The topological polar surface area (TPSA) is 111 Å². The Balaban J connectivity index is 1.55. The van der Waals surface area contributed by atoms with Crippen LogP contribution in [0.4, 0.5) is 4.39 Å². The molecule has 2 aromatic rings. The number of nitrogens with one attached hydrogen (secondary N) is 2. The van der Waals surface area contributed by atoms with Gasteiger partial charge in [-0.3, -0.25) is 4.79 Å². The molecule has 4 N–H and O–H groups in total. The summed E-state index contributed by atoms with van der Waals surface area (Å²) in [5.41, 5.74) is 8.49. The highest BCUT2D eigenvalue weighted by Gasteiger charge is 2.41. The molecule has 1 amide bonds. The summed E-state index contributed by atoms with van der Waals surface area (Å²) in [4.78, 5) is 12.2. The van der Waals surface area contributed by atoms with Crippen LogP contribution in [0.2, 0.25) is 0 Å². The van der Waals surface area contributed by atoms with E-state index in [9.17, 15) is 17.6 Å². The number of benzene rings is 2. The Bertz CT molecular complexity index is 1110. The van der Waals surface area contributed by atoms with Crippen molar-refractivity contribution in [2.45, 2.75) is 51.2 Å². The second-order valence-corrected chi connectivity index (χ2v) is 10.5. The molecular weight excluding hydrogens is 445 g/mol. The average molecular weight is 476 g/mol. The first kappa shape index (κ1) is 23.7. The minimum Gasteiger partial charge on any atom is -0.476 e. The van der Waals surface area contributed by atoms with Gasteiger partial charge in [-0.15, -0.1) is 0 Å². The van der Waals surface area contributed by atoms with Gasteiger partial charge in [-0.05, 0) is 79.3 Å². The van der Waals surface area contributed by atoms with Gasteiger partial charge in [0, 0.05) is 18.2 Å². The highest BCUT2D eigenvalue weighted by Crippen LogP contribution is 2.41. The fraction of sp³-hybridized carbons (Fsp3) is 0.458. The summed E-state index contributed by atoms with van der Waals surface area (Å²) in [5, 5.41) is 0. The molecule has 0 spiro atoms. The fourth-order valence-electron chi connectivity index (χ4n) is 4.98. The highest BCUT2D eigenvalue weighted by molar-refractivity contribution is 7.87. The van der Waals surface area contributed by atoms with Crippen LogP contribution in [0.5, 0.6) is 5.75 Å². The lowest BCUT2D eigenvalue weighted by Gasteiger charge is -2.23. The molecule has 9 heteroatoms. The first-order valence-electron chi connectivity index (χ1n) is 11.4. The molecule has 1 saturated carbocycles. The van der Waals surface area contributed by atoms with Crippen LogP contribution in [-0.2, 0) is 27.8 Å². The zero-order valence-corrected chi connectivity index (χ0v) is 19.4. The number of ether oxygens (including phenoxy) is 1. The number of carbonyl (C=O) groups is 1. The van der Waals surface area contributed by atoms with Crippen LogP contribution >= 0.6 is 0 Å². The van der Waals surface area contributed by atoms with E-state index in [2.05, 4.69) is 9.44 Å². The number of amides is 1. The van der Waals surface area contributed by atoms with Crippen LogP contribution in [0.1, 0.15) is 49.0 Å². The van der Waals surface area contributed by atoms with Crippen LogP contribution in [0.25, 0.3) is 0 Å². The van der Waals surface area contributed by atoms with Crippen molar-refractivity contribution < 1.29 is 22.3 Å². The molecule has 0 aromatic heterocycles. The molecule has 0 heterocycles. The van der Waals surface area contributed by atoms with Gasteiger partial charge in [0.1, 0.15) is 11.6 Å². The zero-order chi connectivity index (χ0) is 23.6. The van der Waals surface area contributed by atoms with Gasteiger partial charge in [-0.25, -0.2) is 9.11 Å². The average Bonchev–Trinajstić information content (AvgIpc) is 3.04. The largest absolute Gasteiger partial charge is 0.476 e. The standard InChI is InChI=1S/C24H30FN3O4S/c1-2-11-27-33(30,31)28-22-16-4-5-17(22)13-19-14-18(6-3-15(19)12-16)23(24(26)29)32-21-9-7-20(25)8-10-21/h3,6-10,14,16-17,22-23,27-28H,2,4-5,11-13H2,1H3,(H2,26,29). The molecule has 4 atom stereocenters. The summed E-state index contributed by atoms with van der Waals surface area (Å²) >= 11 is 0. The van der Waals surface area contributed by atoms with E-state index in [1.807, 2.05) is 25.1 Å². The third kappa shape index (κ3) is 5.54. The van der Waals surface area contributed by atoms with Crippen LogP contribution in [0, 0.1) is 17.7 Å². The smallest absolute Gasteiger partial charge is 0.277 e. The number of fused-ring (bicyclic) bond motifs is 3. The minimum atomic E-state index is -3.55. The maximum Gasteiger partial charge on any atom is 0.277 e. The molecule has 1 fully saturated rings.